The maximum atomic E-state index is 4.42. The normalized spacial score (nSPS) is 11.7. The van der Waals surface area contributed by atoms with Crippen LogP contribution in [0.3, 0.4) is 0 Å². The van der Waals surface area contributed by atoms with Crippen LogP contribution in [-0.4, -0.2) is 11.2 Å². The Balaban J connectivity index is 3.43. The Hall–Kier alpha value is -1.70. The quantitative estimate of drug-likeness (QED) is 0.700. The molecule has 0 saturated heterocycles. The third kappa shape index (κ3) is 2.66. The first-order valence-electron chi connectivity index (χ1n) is 5.27. The van der Waals surface area contributed by atoms with Crippen LogP contribution < -0.4 is 0 Å². The standard InChI is InChI=1S/C14H18N2/c1-6-9-15-12-11(7-2)8-10-16-13(12)14(3,4)5/h6-10H,1-2H2,3-5H3/b15-9-. The molecule has 0 unspecified atom stereocenters. The van der Waals surface area contributed by atoms with Crippen LogP contribution in [0.15, 0.2) is 36.5 Å². The average molecular weight is 214 g/mol. The van der Waals surface area contributed by atoms with Gasteiger partial charge >= 0.3 is 0 Å². The molecule has 16 heavy (non-hydrogen) atoms. The van der Waals surface area contributed by atoms with Crippen LogP contribution in [0.5, 0.6) is 0 Å². The number of rotatable bonds is 3. The summed E-state index contributed by atoms with van der Waals surface area (Å²) in [6.45, 7) is 13.8. The lowest BCUT2D eigenvalue weighted by molar-refractivity contribution is 0.570. The van der Waals surface area contributed by atoms with Crippen molar-refractivity contribution in [3.63, 3.8) is 0 Å². The van der Waals surface area contributed by atoms with Gasteiger partial charge in [-0.1, -0.05) is 46.1 Å². The van der Waals surface area contributed by atoms with Gasteiger partial charge in [-0.25, -0.2) is 0 Å². The van der Waals surface area contributed by atoms with E-state index in [1.165, 1.54) is 0 Å². The van der Waals surface area contributed by atoms with Gasteiger partial charge in [-0.05, 0) is 6.07 Å². The summed E-state index contributed by atoms with van der Waals surface area (Å²) in [6.07, 6.45) is 6.93. The van der Waals surface area contributed by atoms with Crippen LogP contribution in [0.4, 0.5) is 5.69 Å². The molecule has 0 aliphatic heterocycles. The molecule has 2 nitrogen and oxygen atoms in total. The van der Waals surface area contributed by atoms with E-state index in [1.807, 2.05) is 6.07 Å². The van der Waals surface area contributed by atoms with E-state index in [9.17, 15) is 0 Å². The maximum Gasteiger partial charge on any atom is 0.0922 e. The summed E-state index contributed by atoms with van der Waals surface area (Å²) in [5.74, 6) is 0. The third-order valence-electron chi connectivity index (χ3n) is 2.19. The highest BCUT2D eigenvalue weighted by atomic mass is 14.8. The summed E-state index contributed by atoms with van der Waals surface area (Å²) >= 11 is 0. The molecule has 0 amide bonds. The Kier molecular flexibility index (Phi) is 3.78. The van der Waals surface area contributed by atoms with Crippen LogP contribution in [0.1, 0.15) is 32.0 Å². The smallest absolute Gasteiger partial charge is 0.0922 e. The highest BCUT2D eigenvalue weighted by Gasteiger charge is 2.20. The van der Waals surface area contributed by atoms with Crippen LogP contribution in [-0.2, 0) is 5.41 Å². The Bertz CT molecular complexity index is 423. The first-order valence-corrected chi connectivity index (χ1v) is 5.27. The van der Waals surface area contributed by atoms with E-state index in [2.05, 4.69) is 43.9 Å². The SMILES string of the molecule is C=C/C=N\c1c(C=C)ccnc1C(C)(C)C. The average Bonchev–Trinajstić information content (AvgIpc) is 2.24. The molecular weight excluding hydrogens is 196 g/mol. The molecule has 0 spiro atoms. The van der Waals surface area contributed by atoms with E-state index >= 15 is 0 Å². The first-order chi connectivity index (χ1) is 7.50. The fraction of sp³-hybridized carbons (Fsp3) is 0.286. The van der Waals surface area contributed by atoms with Crippen molar-refractivity contribution in [2.24, 2.45) is 4.99 Å². The molecule has 0 aliphatic carbocycles. The Morgan fingerprint density at radius 1 is 1.31 bits per heavy atom. The molecule has 1 aromatic heterocycles. The van der Waals surface area contributed by atoms with E-state index in [0.717, 1.165) is 16.9 Å². The summed E-state index contributed by atoms with van der Waals surface area (Å²) in [4.78, 5) is 8.80. The number of aliphatic imine (C=N–C) groups is 1. The zero-order chi connectivity index (χ0) is 12.2. The maximum absolute atomic E-state index is 4.42. The van der Waals surface area contributed by atoms with Gasteiger partial charge < -0.3 is 0 Å². The summed E-state index contributed by atoms with van der Waals surface area (Å²) in [7, 11) is 0. The zero-order valence-electron chi connectivity index (χ0n) is 10.2. The minimum Gasteiger partial charge on any atom is -0.258 e. The van der Waals surface area contributed by atoms with Crippen molar-refractivity contribution in [1.82, 2.24) is 4.98 Å². The van der Waals surface area contributed by atoms with Crippen molar-refractivity contribution in [2.75, 3.05) is 0 Å². The molecule has 0 radical (unpaired) electrons. The molecule has 0 aliphatic rings. The van der Waals surface area contributed by atoms with Crippen LogP contribution in [0.2, 0.25) is 0 Å². The number of hydrogen-bond acceptors (Lipinski definition) is 2. The van der Waals surface area contributed by atoms with Gasteiger partial charge in [0, 0.05) is 23.4 Å². The highest BCUT2D eigenvalue weighted by molar-refractivity contribution is 5.77. The second kappa shape index (κ2) is 4.88. The van der Waals surface area contributed by atoms with Gasteiger partial charge in [0.25, 0.3) is 0 Å². The molecule has 0 bridgehead atoms. The molecule has 1 heterocycles. The summed E-state index contributed by atoms with van der Waals surface area (Å²) in [6, 6.07) is 1.91. The molecule has 0 aromatic carbocycles. The molecule has 1 rings (SSSR count). The Morgan fingerprint density at radius 3 is 2.50 bits per heavy atom. The second-order valence-electron chi connectivity index (χ2n) is 4.57. The number of nitrogens with zero attached hydrogens (tertiary/aromatic N) is 2. The van der Waals surface area contributed by atoms with Crippen LogP contribution >= 0.6 is 0 Å². The highest BCUT2D eigenvalue weighted by Crippen LogP contribution is 2.32. The van der Waals surface area contributed by atoms with Crippen molar-refractivity contribution >= 4 is 18.0 Å². The third-order valence-corrected chi connectivity index (χ3v) is 2.19. The predicted molar refractivity (Wildman–Crippen MR) is 71.4 cm³/mol. The number of allylic oxidation sites excluding steroid dienone is 1. The van der Waals surface area contributed by atoms with E-state index in [4.69, 9.17) is 0 Å². The number of aromatic nitrogens is 1. The monoisotopic (exact) mass is 214 g/mol. The molecular formula is C14H18N2. The Morgan fingerprint density at radius 2 is 2.00 bits per heavy atom. The lowest BCUT2D eigenvalue weighted by Gasteiger charge is -2.20. The molecule has 0 atom stereocenters. The Labute approximate surface area is 97.5 Å². The predicted octanol–water partition coefficient (Wildman–Crippen LogP) is 3.91. The van der Waals surface area contributed by atoms with Crippen molar-refractivity contribution < 1.29 is 0 Å². The summed E-state index contributed by atoms with van der Waals surface area (Å²) in [5, 5.41) is 0. The summed E-state index contributed by atoms with van der Waals surface area (Å²) < 4.78 is 0. The van der Waals surface area contributed by atoms with E-state index in [0.29, 0.717) is 0 Å². The molecule has 0 fully saturated rings. The van der Waals surface area contributed by atoms with Crippen molar-refractivity contribution in [3.05, 3.63) is 42.8 Å². The minimum atomic E-state index is -0.0349. The van der Waals surface area contributed by atoms with Gasteiger partial charge in [0.05, 0.1) is 11.4 Å². The second-order valence-corrected chi connectivity index (χ2v) is 4.57. The van der Waals surface area contributed by atoms with Crippen LogP contribution in [0.25, 0.3) is 6.08 Å². The van der Waals surface area contributed by atoms with E-state index < -0.39 is 0 Å². The van der Waals surface area contributed by atoms with Crippen molar-refractivity contribution in [1.29, 1.82) is 0 Å². The molecule has 2 heteroatoms. The molecule has 84 valence electrons. The van der Waals surface area contributed by atoms with Gasteiger partial charge in [0.1, 0.15) is 0 Å². The first kappa shape index (κ1) is 12.4. The lowest BCUT2D eigenvalue weighted by Crippen LogP contribution is -2.14. The van der Waals surface area contributed by atoms with Crippen LogP contribution in [0, 0.1) is 0 Å². The minimum absolute atomic E-state index is 0.0349. The fourth-order valence-corrected chi connectivity index (χ4v) is 1.45. The van der Waals surface area contributed by atoms with E-state index in [-0.39, 0.29) is 5.41 Å². The summed E-state index contributed by atoms with van der Waals surface area (Å²) in [5.41, 5.74) is 2.82. The van der Waals surface area contributed by atoms with Crippen molar-refractivity contribution in [3.8, 4) is 0 Å². The zero-order valence-corrected chi connectivity index (χ0v) is 10.2. The van der Waals surface area contributed by atoms with E-state index in [1.54, 1.807) is 24.6 Å². The lowest BCUT2D eigenvalue weighted by atomic mass is 9.89. The number of pyridine rings is 1. The van der Waals surface area contributed by atoms with Gasteiger partial charge in [0.15, 0.2) is 0 Å². The van der Waals surface area contributed by atoms with Gasteiger partial charge in [-0.15, -0.1) is 0 Å². The molecule has 1 aromatic rings. The number of hydrogen-bond donors (Lipinski definition) is 0. The van der Waals surface area contributed by atoms with Gasteiger partial charge in [-0.2, -0.15) is 0 Å². The largest absolute Gasteiger partial charge is 0.258 e. The molecule has 0 saturated carbocycles. The van der Waals surface area contributed by atoms with Gasteiger partial charge in [0.2, 0.25) is 0 Å². The molecule has 0 N–H and O–H groups in total. The van der Waals surface area contributed by atoms with Gasteiger partial charge in [-0.3, -0.25) is 9.98 Å². The fourth-order valence-electron chi connectivity index (χ4n) is 1.45. The van der Waals surface area contributed by atoms with Crippen molar-refractivity contribution in [2.45, 2.75) is 26.2 Å². The topological polar surface area (TPSA) is 25.2 Å².